The van der Waals surface area contributed by atoms with Crippen molar-refractivity contribution in [3.8, 4) is 0 Å². The molecule has 3 fully saturated rings. The normalized spacial score (nSPS) is 47.4. The van der Waals surface area contributed by atoms with Crippen molar-refractivity contribution in [3.05, 3.63) is 23.8 Å². The molecule has 0 amide bonds. The summed E-state index contributed by atoms with van der Waals surface area (Å²) in [4.78, 5) is 37.3. The number of hydrogen-bond acceptors (Lipinski definition) is 6. The first-order valence-corrected chi connectivity index (χ1v) is 12.9. The number of rotatable bonds is 5. The van der Waals surface area contributed by atoms with Gasteiger partial charge in [-0.1, -0.05) is 46.3 Å². The molecule has 0 aromatic carbocycles. The Balaban J connectivity index is 1.86. The van der Waals surface area contributed by atoms with Gasteiger partial charge in [-0.05, 0) is 55.6 Å². The van der Waals surface area contributed by atoms with Gasteiger partial charge in [0, 0.05) is 23.2 Å². The van der Waals surface area contributed by atoms with Gasteiger partial charge in [-0.25, -0.2) is 0 Å². The molecule has 0 saturated heterocycles. The first kappa shape index (κ1) is 25.6. The highest BCUT2D eigenvalue weighted by Crippen LogP contribution is 2.72. The van der Waals surface area contributed by atoms with E-state index in [1.165, 1.54) is 6.08 Å². The molecule has 0 spiro atoms. The number of allylic oxidation sites excluding steroid dienone is 4. The van der Waals surface area contributed by atoms with Gasteiger partial charge >= 0.3 is 5.97 Å². The molecule has 188 valence electrons. The minimum Gasteiger partial charge on any atom is -0.450 e. The molecule has 9 atom stereocenters. The quantitative estimate of drug-likeness (QED) is 0.447. The molecule has 7 heteroatoms. The summed E-state index contributed by atoms with van der Waals surface area (Å²) in [5.74, 6) is -1.61. The number of Topliss-reactive ketones (excluding diaryl/α,β-unsaturated/α-hetero) is 1. The fraction of sp³-hybridized carbons (Fsp3) is 0.741. The zero-order valence-electron chi connectivity index (χ0n) is 20.8. The third-order valence-electron chi connectivity index (χ3n) is 9.80. The lowest BCUT2D eigenvalue weighted by Crippen LogP contribution is -2.70. The topological polar surface area (TPSA) is 101 Å². The van der Waals surface area contributed by atoms with Crippen LogP contribution in [0.2, 0.25) is 0 Å². The summed E-state index contributed by atoms with van der Waals surface area (Å²) in [5, 5.41) is 21.7. The van der Waals surface area contributed by atoms with Crippen LogP contribution in [0.3, 0.4) is 0 Å². The summed E-state index contributed by atoms with van der Waals surface area (Å²) < 4.78 is 6.04. The SMILES string of the molecule is CCCC(=O)O[C@]1(C(=O)CO)C(C)C[C@H]2[C@@H]3CC(C)C4=CC(=O)C=C[C@]4(C)[C@@]3(Cl)C(O)C[C@@]21C. The van der Waals surface area contributed by atoms with Crippen LogP contribution < -0.4 is 0 Å². The Morgan fingerprint density at radius 2 is 1.88 bits per heavy atom. The van der Waals surface area contributed by atoms with Crippen molar-refractivity contribution >= 4 is 29.1 Å². The molecule has 3 unspecified atom stereocenters. The Labute approximate surface area is 206 Å². The van der Waals surface area contributed by atoms with E-state index in [9.17, 15) is 24.6 Å². The summed E-state index contributed by atoms with van der Waals surface area (Å²) in [5.41, 5.74) is -2.19. The smallest absolute Gasteiger partial charge is 0.306 e. The molecule has 0 bridgehead atoms. The second-order valence-corrected chi connectivity index (χ2v) is 12.1. The average molecular weight is 493 g/mol. The lowest BCUT2D eigenvalue weighted by atomic mass is 9.44. The van der Waals surface area contributed by atoms with Crippen molar-refractivity contribution in [1.29, 1.82) is 0 Å². The van der Waals surface area contributed by atoms with E-state index < -0.39 is 45.8 Å². The lowest BCUT2D eigenvalue weighted by Gasteiger charge is -2.65. The molecule has 4 aliphatic rings. The second-order valence-electron chi connectivity index (χ2n) is 11.5. The van der Waals surface area contributed by atoms with E-state index in [1.807, 2.05) is 33.8 Å². The van der Waals surface area contributed by atoms with Crippen molar-refractivity contribution in [3.63, 3.8) is 0 Å². The molecule has 2 N–H and O–H groups in total. The molecule has 0 aromatic heterocycles. The van der Waals surface area contributed by atoms with Gasteiger partial charge in [0.2, 0.25) is 5.78 Å². The van der Waals surface area contributed by atoms with Crippen molar-refractivity contribution in [2.75, 3.05) is 6.61 Å². The number of hydrogen-bond donors (Lipinski definition) is 2. The molecule has 3 saturated carbocycles. The molecule has 34 heavy (non-hydrogen) atoms. The van der Waals surface area contributed by atoms with Crippen LogP contribution in [0.25, 0.3) is 0 Å². The first-order chi connectivity index (χ1) is 15.8. The zero-order chi connectivity index (χ0) is 25.3. The van der Waals surface area contributed by atoms with Crippen LogP contribution >= 0.6 is 11.6 Å². The summed E-state index contributed by atoms with van der Waals surface area (Å²) in [7, 11) is 0. The highest BCUT2D eigenvalue weighted by Gasteiger charge is 2.76. The fourth-order valence-corrected chi connectivity index (χ4v) is 8.83. The average Bonchev–Trinajstić information content (AvgIpc) is 2.99. The van der Waals surface area contributed by atoms with Gasteiger partial charge in [0.25, 0.3) is 0 Å². The highest BCUT2D eigenvalue weighted by atomic mass is 35.5. The van der Waals surface area contributed by atoms with Gasteiger partial charge in [0.1, 0.15) is 6.61 Å². The van der Waals surface area contributed by atoms with Crippen LogP contribution in [0.15, 0.2) is 23.8 Å². The zero-order valence-corrected chi connectivity index (χ0v) is 21.5. The molecule has 0 aliphatic heterocycles. The molecule has 0 radical (unpaired) electrons. The van der Waals surface area contributed by atoms with Crippen molar-refractivity contribution in [2.45, 2.75) is 83.3 Å². The number of ketones is 2. The number of aliphatic hydroxyl groups excluding tert-OH is 2. The maximum atomic E-state index is 13.4. The van der Waals surface area contributed by atoms with E-state index in [0.29, 0.717) is 19.3 Å². The number of esters is 1. The van der Waals surface area contributed by atoms with Crippen LogP contribution in [-0.2, 0) is 19.1 Å². The van der Waals surface area contributed by atoms with E-state index in [1.54, 1.807) is 6.08 Å². The van der Waals surface area contributed by atoms with E-state index >= 15 is 0 Å². The van der Waals surface area contributed by atoms with Crippen LogP contribution in [0.5, 0.6) is 0 Å². The van der Waals surface area contributed by atoms with Crippen molar-refractivity contribution in [2.24, 2.45) is 34.5 Å². The van der Waals surface area contributed by atoms with Gasteiger partial charge in [0.05, 0.1) is 11.0 Å². The third kappa shape index (κ3) is 3.04. The number of aliphatic hydroxyl groups is 2. The number of halogens is 1. The second kappa shape index (κ2) is 8.28. The van der Waals surface area contributed by atoms with E-state index in [4.69, 9.17) is 16.3 Å². The highest BCUT2D eigenvalue weighted by molar-refractivity contribution is 6.26. The standard InChI is InChI=1S/C27H37ClO6/c1-6-7-23(33)34-27(22(32)14-29)16(3)11-19-20-10-15(2)18-12-17(30)8-9-24(18,4)26(20,28)21(31)13-25(19,27)5/h8-9,12,15-16,19-21,29,31H,6-7,10-11,13-14H2,1-5H3/t15?,16?,19-,20-,21?,24-,25-,26-,27-/m0/s1. The fourth-order valence-electron chi connectivity index (χ4n) is 8.34. The number of fused-ring (bicyclic) bond motifs is 5. The lowest BCUT2D eigenvalue weighted by molar-refractivity contribution is -0.203. The molecule has 4 aliphatic carbocycles. The predicted octanol–water partition coefficient (Wildman–Crippen LogP) is 3.76. The van der Waals surface area contributed by atoms with Gasteiger partial charge in [-0.3, -0.25) is 14.4 Å². The van der Waals surface area contributed by atoms with Crippen molar-refractivity contribution in [1.82, 2.24) is 0 Å². The molecule has 6 nitrogen and oxygen atoms in total. The third-order valence-corrected chi connectivity index (χ3v) is 10.7. The monoisotopic (exact) mass is 492 g/mol. The van der Waals surface area contributed by atoms with Gasteiger partial charge < -0.3 is 14.9 Å². The number of ether oxygens (including phenoxy) is 1. The minimum absolute atomic E-state index is 0.0619. The Morgan fingerprint density at radius 1 is 1.21 bits per heavy atom. The predicted molar refractivity (Wildman–Crippen MR) is 128 cm³/mol. The summed E-state index contributed by atoms with van der Waals surface area (Å²) >= 11 is 7.50. The molecule has 4 rings (SSSR count). The summed E-state index contributed by atoms with van der Waals surface area (Å²) in [6, 6.07) is 0. The maximum Gasteiger partial charge on any atom is 0.306 e. The summed E-state index contributed by atoms with van der Waals surface area (Å²) in [6.07, 6.45) is 6.20. The number of carbonyl (C=O) groups excluding carboxylic acids is 3. The van der Waals surface area contributed by atoms with Crippen LogP contribution in [0, 0.1) is 34.5 Å². The van der Waals surface area contributed by atoms with Crippen LogP contribution in [-0.4, -0.2) is 50.9 Å². The van der Waals surface area contributed by atoms with Gasteiger partial charge in [0.15, 0.2) is 11.4 Å². The number of carbonyl (C=O) groups is 3. The minimum atomic E-state index is -1.52. The van der Waals surface area contributed by atoms with Gasteiger partial charge in [-0.2, -0.15) is 0 Å². The Bertz CT molecular complexity index is 972. The van der Waals surface area contributed by atoms with Crippen LogP contribution in [0.4, 0.5) is 0 Å². The maximum absolute atomic E-state index is 13.4. The Morgan fingerprint density at radius 3 is 2.50 bits per heavy atom. The van der Waals surface area contributed by atoms with E-state index in [-0.39, 0.29) is 42.3 Å². The largest absolute Gasteiger partial charge is 0.450 e. The van der Waals surface area contributed by atoms with E-state index in [0.717, 1.165) is 5.57 Å². The Hall–Kier alpha value is -1.50. The van der Waals surface area contributed by atoms with Gasteiger partial charge in [-0.15, -0.1) is 11.6 Å². The summed E-state index contributed by atoms with van der Waals surface area (Å²) in [6.45, 7) is 9.04. The molecular formula is C27H37ClO6. The van der Waals surface area contributed by atoms with Crippen LogP contribution in [0.1, 0.15) is 66.7 Å². The molecular weight excluding hydrogens is 456 g/mol. The van der Waals surface area contributed by atoms with Crippen molar-refractivity contribution < 1.29 is 29.3 Å². The Kier molecular flexibility index (Phi) is 6.23. The molecule has 0 heterocycles. The number of alkyl halides is 1. The first-order valence-electron chi connectivity index (χ1n) is 12.5. The molecule has 0 aromatic rings. The van der Waals surface area contributed by atoms with E-state index in [2.05, 4.69) is 6.92 Å².